The Morgan fingerprint density at radius 1 is 1.35 bits per heavy atom. The van der Waals surface area contributed by atoms with Crippen LogP contribution in [0.5, 0.6) is 0 Å². The number of rotatable bonds is 3. The second kappa shape index (κ2) is 6.01. The maximum atomic E-state index is 12.8. The summed E-state index contributed by atoms with van der Waals surface area (Å²) >= 11 is 6.04. The van der Waals surface area contributed by atoms with Crippen molar-refractivity contribution in [2.75, 3.05) is 7.05 Å². The van der Waals surface area contributed by atoms with Crippen molar-refractivity contribution in [3.05, 3.63) is 64.6 Å². The number of halogens is 1. The summed E-state index contributed by atoms with van der Waals surface area (Å²) in [5, 5.41) is 4.85. The van der Waals surface area contributed by atoms with Gasteiger partial charge >= 0.3 is 0 Å². The van der Waals surface area contributed by atoms with Crippen molar-refractivity contribution in [3.63, 3.8) is 0 Å². The zero-order valence-corrected chi connectivity index (χ0v) is 13.9. The van der Waals surface area contributed by atoms with Crippen molar-refractivity contribution in [3.8, 4) is 0 Å². The first-order valence-corrected chi connectivity index (χ1v) is 7.69. The highest BCUT2D eigenvalue weighted by atomic mass is 35.5. The number of nitrogens with zero attached hydrogens (tertiary/aromatic N) is 4. The van der Waals surface area contributed by atoms with Gasteiger partial charge in [0.05, 0.1) is 12.2 Å². The lowest BCUT2D eigenvalue weighted by Crippen LogP contribution is -2.29. The van der Waals surface area contributed by atoms with E-state index >= 15 is 0 Å². The number of fused-ring (bicyclic) bond motifs is 1. The summed E-state index contributed by atoms with van der Waals surface area (Å²) in [6.07, 6.45) is 3.36. The van der Waals surface area contributed by atoms with Gasteiger partial charge in [-0.05, 0) is 37.6 Å². The average molecular weight is 329 g/mol. The predicted octanol–water partition coefficient (Wildman–Crippen LogP) is 3.52. The van der Waals surface area contributed by atoms with Gasteiger partial charge in [-0.15, -0.1) is 0 Å². The molecule has 0 aliphatic rings. The third-order valence-corrected chi connectivity index (χ3v) is 4.21. The van der Waals surface area contributed by atoms with Crippen molar-refractivity contribution in [1.82, 2.24) is 19.5 Å². The van der Waals surface area contributed by atoms with Crippen molar-refractivity contribution >= 4 is 23.2 Å². The van der Waals surface area contributed by atoms with E-state index < -0.39 is 0 Å². The Bertz CT molecular complexity index is 874. The van der Waals surface area contributed by atoms with Gasteiger partial charge in [0, 0.05) is 24.0 Å². The van der Waals surface area contributed by atoms with Gasteiger partial charge in [0.2, 0.25) is 0 Å². The minimum Gasteiger partial charge on any atom is -0.335 e. The number of carbonyl (C=O) groups is 1. The summed E-state index contributed by atoms with van der Waals surface area (Å²) < 4.78 is 1.61. The first kappa shape index (κ1) is 15.5. The van der Waals surface area contributed by atoms with E-state index in [2.05, 4.69) is 10.1 Å². The maximum absolute atomic E-state index is 12.8. The Kier molecular flexibility index (Phi) is 4.05. The number of hydrogen-bond acceptors (Lipinski definition) is 3. The normalized spacial score (nSPS) is 12.3. The molecule has 0 unspecified atom stereocenters. The van der Waals surface area contributed by atoms with Crippen LogP contribution in [0.3, 0.4) is 0 Å². The fraction of sp³-hybridized carbons (Fsp3) is 0.235. The van der Waals surface area contributed by atoms with E-state index in [0.717, 1.165) is 11.3 Å². The molecule has 0 bridgehead atoms. The van der Waals surface area contributed by atoms with Crippen molar-refractivity contribution in [1.29, 1.82) is 0 Å². The van der Waals surface area contributed by atoms with Gasteiger partial charge in [-0.2, -0.15) is 5.10 Å². The van der Waals surface area contributed by atoms with Crippen LogP contribution in [0.15, 0.2) is 42.7 Å². The fourth-order valence-electron chi connectivity index (χ4n) is 2.47. The van der Waals surface area contributed by atoms with E-state index in [4.69, 9.17) is 11.6 Å². The summed E-state index contributed by atoms with van der Waals surface area (Å²) in [7, 11) is 1.77. The van der Waals surface area contributed by atoms with Gasteiger partial charge in [0.15, 0.2) is 5.65 Å². The molecule has 0 aliphatic carbocycles. The highest BCUT2D eigenvalue weighted by Gasteiger charge is 2.22. The van der Waals surface area contributed by atoms with Crippen molar-refractivity contribution in [2.45, 2.75) is 19.9 Å². The molecule has 0 aliphatic heterocycles. The Morgan fingerprint density at radius 2 is 2.13 bits per heavy atom. The quantitative estimate of drug-likeness (QED) is 0.739. The van der Waals surface area contributed by atoms with Gasteiger partial charge in [-0.3, -0.25) is 4.79 Å². The second-order valence-corrected chi connectivity index (χ2v) is 5.98. The van der Waals surface area contributed by atoms with E-state index in [-0.39, 0.29) is 11.9 Å². The molecule has 0 saturated carbocycles. The van der Waals surface area contributed by atoms with E-state index in [1.165, 1.54) is 0 Å². The molecular weight excluding hydrogens is 312 g/mol. The van der Waals surface area contributed by atoms with Crippen molar-refractivity contribution < 1.29 is 4.79 Å². The van der Waals surface area contributed by atoms with E-state index in [9.17, 15) is 4.79 Å². The number of benzene rings is 1. The number of amides is 1. The van der Waals surface area contributed by atoms with E-state index in [1.807, 2.05) is 44.2 Å². The second-order valence-electron chi connectivity index (χ2n) is 5.54. The molecule has 118 valence electrons. The van der Waals surface area contributed by atoms with E-state index in [0.29, 0.717) is 16.2 Å². The standard InChI is InChI=1S/C17H17ClN4O/c1-11-7-8-22-16(20-11)15(10-19-22)17(23)21(3)12(2)13-5-4-6-14(18)9-13/h4-10,12H,1-3H3/t12-/m0/s1. The molecule has 0 N–H and O–H groups in total. The minimum atomic E-state index is -0.120. The zero-order chi connectivity index (χ0) is 16.6. The molecule has 0 fully saturated rings. The van der Waals surface area contributed by atoms with Crippen LogP contribution in [-0.4, -0.2) is 32.5 Å². The molecule has 6 heteroatoms. The largest absolute Gasteiger partial charge is 0.335 e. The zero-order valence-electron chi connectivity index (χ0n) is 13.2. The topological polar surface area (TPSA) is 50.5 Å². The number of aryl methyl sites for hydroxylation is 1. The first-order valence-electron chi connectivity index (χ1n) is 7.31. The van der Waals surface area contributed by atoms with Gasteiger partial charge in [-0.25, -0.2) is 9.50 Å². The molecule has 0 radical (unpaired) electrons. The van der Waals surface area contributed by atoms with Crippen LogP contribution < -0.4 is 0 Å². The molecule has 1 amide bonds. The molecule has 3 rings (SSSR count). The lowest BCUT2D eigenvalue weighted by molar-refractivity contribution is 0.0744. The average Bonchev–Trinajstić information content (AvgIpc) is 2.95. The molecule has 2 heterocycles. The van der Waals surface area contributed by atoms with Crippen molar-refractivity contribution in [2.24, 2.45) is 0 Å². The Labute approximate surface area is 139 Å². The molecule has 1 aromatic carbocycles. The summed E-state index contributed by atoms with van der Waals surface area (Å²) in [5.74, 6) is -0.120. The summed E-state index contributed by atoms with van der Waals surface area (Å²) in [5.41, 5.74) is 2.89. The predicted molar refractivity (Wildman–Crippen MR) is 89.7 cm³/mol. The fourth-order valence-corrected chi connectivity index (χ4v) is 2.66. The van der Waals surface area contributed by atoms with Gasteiger partial charge in [0.1, 0.15) is 5.56 Å². The minimum absolute atomic E-state index is 0.110. The molecule has 3 aromatic rings. The Morgan fingerprint density at radius 3 is 2.87 bits per heavy atom. The number of carbonyl (C=O) groups excluding carboxylic acids is 1. The molecular formula is C17H17ClN4O. The lowest BCUT2D eigenvalue weighted by Gasteiger charge is -2.25. The van der Waals surface area contributed by atoms with Crippen LogP contribution in [0.2, 0.25) is 5.02 Å². The molecule has 0 spiro atoms. The summed E-state index contributed by atoms with van der Waals surface area (Å²) in [4.78, 5) is 18.9. The van der Waals surface area contributed by atoms with Gasteiger partial charge < -0.3 is 4.90 Å². The molecule has 0 saturated heterocycles. The molecule has 2 aromatic heterocycles. The first-order chi connectivity index (χ1) is 11.0. The third-order valence-electron chi connectivity index (χ3n) is 3.97. The Balaban J connectivity index is 1.93. The maximum Gasteiger partial charge on any atom is 0.259 e. The number of hydrogen-bond donors (Lipinski definition) is 0. The monoisotopic (exact) mass is 328 g/mol. The summed E-state index contributed by atoms with van der Waals surface area (Å²) in [6.45, 7) is 3.85. The molecule has 5 nitrogen and oxygen atoms in total. The molecule has 1 atom stereocenters. The van der Waals surface area contributed by atoms with Crippen LogP contribution in [0, 0.1) is 6.92 Å². The highest BCUT2D eigenvalue weighted by molar-refractivity contribution is 6.30. The van der Waals surface area contributed by atoms with Crippen LogP contribution in [0.1, 0.15) is 34.6 Å². The number of aromatic nitrogens is 3. The smallest absolute Gasteiger partial charge is 0.259 e. The van der Waals surface area contributed by atoms with Crippen LogP contribution >= 0.6 is 11.6 Å². The summed E-state index contributed by atoms with van der Waals surface area (Å²) in [6, 6.07) is 9.27. The van der Waals surface area contributed by atoms with Gasteiger partial charge in [-0.1, -0.05) is 23.7 Å². The lowest BCUT2D eigenvalue weighted by atomic mass is 10.1. The van der Waals surface area contributed by atoms with Crippen LogP contribution in [-0.2, 0) is 0 Å². The van der Waals surface area contributed by atoms with Crippen LogP contribution in [0.25, 0.3) is 5.65 Å². The SMILES string of the molecule is Cc1ccn2ncc(C(=O)N(C)[C@@H](C)c3cccc(Cl)c3)c2n1. The highest BCUT2D eigenvalue weighted by Crippen LogP contribution is 2.24. The molecule has 23 heavy (non-hydrogen) atoms. The Hall–Kier alpha value is -2.40. The van der Waals surface area contributed by atoms with E-state index in [1.54, 1.807) is 28.9 Å². The van der Waals surface area contributed by atoms with Gasteiger partial charge in [0.25, 0.3) is 5.91 Å². The van der Waals surface area contributed by atoms with Crippen LogP contribution in [0.4, 0.5) is 0 Å². The third kappa shape index (κ3) is 2.92.